The molecular weight excluding hydrogens is 278 g/mol. The van der Waals surface area contributed by atoms with Crippen LogP contribution in [0.5, 0.6) is 5.75 Å². The molecule has 0 bridgehead atoms. The molecule has 0 spiro atoms. The molecule has 2 N–H and O–H groups in total. The van der Waals surface area contributed by atoms with Crippen molar-refractivity contribution in [3.05, 3.63) is 35.3 Å². The highest BCUT2D eigenvalue weighted by molar-refractivity contribution is 8.01. The van der Waals surface area contributed by atoms with Crippen molar-refractivity contribution in [2.45, 2.75) is 29.0 Å². The van der Waals surface area contributed by atoms with Gasteiger partial charge < -0.3 is 10.5 Å². The molecule has 2 rings (SSSR count). The number of nitrogens with two attached hydrogens (primary N) is 1. The van der Waals surface area contributed by atoms with Gasteiger partial charge in [-0.1, -0.05) is 48.2 Å². The molecule has 0 aliphatic carbocycles. The Bertz CT molecular complexity index is 504. The predicted octanol–water partition coefficient (Wildman–Crippen LogP) is 3.12. The molecule has 1 aromatic heterocycles. The summed E-state index contributed by atoms with van der Waals surface area (Å²) in [5, 5.41) is 8.08. The Hall–Kier alpha value is -1.11. The average Bonchev–Trinajstić information content (AvgIpc) is 2.97. The highest BCUT2D eigenvalue weighted by Gasteiger charge is 2.24. The van der Waals surface area contributed by atoms with E-state index in [2.05, 4.69) is 23.2 Å². The molecule has 0 radical (unpaired) electrons. The van der Waals surface area contributed by atoms with Gasteiger partial charge in [-0.3, -0.25) is 0 Å². The number of rotatable bonds is 6. The van der Waals surface area contributed by atoms with Gasteiger partial charge in [0.15, 0.2) is 4.34 Å². The first kappa shape index (κ1) is 14.3. The first-order valence-corrected chi connectivity index (χ1v) is 7.83. The summed E-state index contributed by atoms with van der Waals surface area (Å²) < 4.78 is 6.37. The molecule has 0 saturated heterocycles. The Kier molecular flexibility index (Phi) is 5.18. The lowest BCUT2D eigenvalue weighted by Gasteiger charge is -2.23. The van der Waals surface area contributed by atoms with Gasteiger partial charge in [0, 0.05) is 11.6 Å². The maximum absolute atomic E-state index is 6.27. The number of methoxy groups -OCH3 is 1. The first-order chi connectivity index (χ1) is 9.26. The Labute approximate surface area is 121 Å². The van der Waals surface area contributed by atoms with Gasteiger partial charge in [0.05, 0.1) is 12.4 Å². The second-order valence-corrected chi connectivity index (χ2v) is 6.28. The number of para-hydroxylation sites is 1. The highest BCUT2D eigenvalue weighted by Crippen LogP contribution is 2.41. The van der Waals surface area contributed by atoms with Crippen molar-refractivity contribution in [2.75, 3.05) is 7.11 Å². The Morgan fingerprint density at radius 3 is 2.84 bits per heavy atom. The van der Waals surface area contributed by atoms with E-state index in [1.165, 1.54) is 11.3 Å². The van der Waals surface area contributed by atoms with Gasteiger partial charge in [-0.15, -0.1) is 10.2 Å². The molecule has 2 unspecified atom stereocenters. The van der Waals surface area contributed by atoms with Crippen molar-refractivity contribution in [1.82, 2.24) is 10.2 Å². The van der Waals surface area contributed by atoms with Crippen LogP contribution in [0, 0.1) is 0 Å². The highest BCUT2D eigenvalue weighted by atomic mass is 32.2. The summed E-state index contributed by atoms with van der Waals surface area (Å²) in [7, 11) is 1.68. The monoisotopic (exact) mass is 295 g/mol. The normalized spacial score (nSPS) is 14.1. The van der Waals surface area contributed by atoms with Crippen LogP contribution in [0.3, 0.4) is 0 Å². The molecule has 2 atom stereocenters. The molecule has 19 heavy (non-hydrogen) atoms. The van der Waals surface area contributed by atoms with E-state index in [-0.39, 0.29) is 11.3 Å². The van der Waals surface area contributed by atoms with Crippen molar-refractivity contribution in [3.8, 4) is 5.75 Å². The van der Waals surface area contributed by atoms with Crippen LogP contribution >= 0.6 is 23.1 Å². The van der Waals surface area contributed by atoms with Crippen LogP contribution in [0.2, 0.25) is 0 Å². The smallest absolute Gasteiger partial charge is 0.174 e. The molecule has 4 nitrogen and oxygen atoms in total. The fraction of sp³-hybridized carbons (Fsp3) is 0.385. The molecule has 1 aromatic carbocycles. The fourth-order valence-corrected chi connectivity index (χ4v) is 3.76. The van der Waals surface area contributed by atoms with E-state index in [0.717, 1.165) is 22.1 Å². The predicted molar refractivity (Wildman–Crippen MR) is 79.8 cm³/mol. The number of aromatic nitrogens is 2. The first-order valence-electron chi connectivity index (χ1n) is 6.07. The Morgan fingerprint density at radius 2 is 2.21 bits per heavy atom. The molecule has 0 aliphatic rings. The zero-order valence-electron chi connectivity index (χ0n) is 10.9. The van der Waals surface area contributed by atoms with Crippen molar-refractivity contribution >= 4 is 23.1 Å². The third kappa shape index (κ3) is 3.46. The summed E-state index contributed by atoms with van der Waals surface area (Å²) in [5.74, 6) is 0.869. The summed E-state index contributed by atoms with van der Waals surface area (Å²) >= 11 is 3.18. The third-order valence-corrected chi connectivity index (χ3v) is 5.07. The minimum Gasteiger partial charge on any atom is -0.496 e. The fourth-order valence-electron chi connectivity index (χ4n) is 1.82. The summed E-state index contributed by atoms with van der Waals surface area (Å²) in [5.41, 5.74) is 9.12. The molecule has 0 saturated carbocycles. The van der Waals surface area contributed by atoms with Crippen LogP contribution in [0.4, 0.5) is 0 Å². The van der Waals surface area contributed by atoms with Gasteiger partial charge in [0.2, 0.25) is 0 Å². The van der Waals surface area contributed by atoms with Gasteiger partial charge in [-0.25, -0.2) is 0 Å². The molecule has 0 fully saturated rings. The van der Waals surface area contributed by atoms with E-state index < -0.39 is 0 Å². The van der Waals surface area contributed by atoms with Crippen LogP contribution < -0.4 is 10.5 Å². The Morgan fingerprint density at radius 1 is 1.42 bits per heavy atom. The quantitative estimate of drug-likeness (QED) is 0.830. The van der Waals surface area contributed by atoms with E-state index in [4.69, 9.17) is 10.5 Å². The molecular formula is C13H17N3OS2. The zero-order chi connectivity index (χ0) is 13.7. The summed E-state index contributed by atoms with van der Waals surface area (Å²) in [6.45, 7) is 2.09. The second kappa shape index (κ2) is 6.88. The van der Waals surface area contributed by atoms with E-state index >= 15 is 0 Å². The van der Waals surface area contributed by atoms with Crippen molar-refractivity contribution in [3.63, 3.8) is 0 Å². The molecule has 102 valence electrons. The van der Waals surface area contributed by atoms with E-state index in [0.29, 0.717) is 0 Å². The van der Waals surface area contributed by atoms with Gasteiger partial charge in [0.25, 0.3) is 0 Å². The third-order valence-electron chi connectivity index (χ3n) is 2.87. The summed E-state index contributed by atoms with van der Waals surface area (Å²) in [6.07, 6.45) is 0.897. The lowest BCUT2D eigenvalue weighted by molar-refractivity contribution is 0.407. The minimum absolute atomic E-state index is 0.0465. The van der Waals surface area contributed by atoms with Gasteiger partial charge in [0.1, 0.15) is 11.3 Å². The van der Waals surface area contributed by atoms with Crippen molar-refractivity contribution in [2.24, 2.45) is 5.73 Å². The number of hydrogen-bond acceptors (Lipinski definition) is 6. The van der Waals surface area contributed by atoms with E-state index in [9.17, 15) is 0 Å². The van der Waals surface area contributed by atoms with Crippen molar-refractivity contribution in [1.29, 1.82) is 0 Å². The SMILES string of the molecule is CCC(N)C(Sc1nncs1)c1ccccc1OC. The van der Waals surface area contributed by atoms with Crippen LogP contribution in [0.25, 0.3) is 0 Å². The minimum atomic E-state index is 0.0465. The molecule has 0 aliphatic heterocycles. The Balaban J connectivity index is 2.31. The van der Waals surface area contributed by atoms with Crippen LogP contribution in [-0.2, 0) is 0 Å². The van der Waals surface area contributed by atoms with Gasteiger partial charge in [-0.2, -0.15) is 0 Å². The van der Waals surface area contributed by atoms with Gasteiger partial charge >= 0.3 is 0 Å². The molecule has 0 amide bonds. The lowest BCUT2D eigenvalue weighted by atomic mass is 10.0. The molecule has 2 aromatic rings. The maximum Gasteiger partial charge on any atom is 0.174 e. The average molecular weight is 295 g/mol. The largest absolute Gasteiger partial charge is 0.496 e. The molecule has 1 heterocycles. The number of ether oxygens (including phenoxy) is 1. The second-order valence-electron chi connectivity index (χ2n) is 4.06. The zero-order valence-corrected chi connectivity index (χ0v) is 12.6. The number of hydrogen-bond donors (Lipinski definition) is 1. The van der Waals surface area contributed by atoms with Crippen LogP contribution in [-0.4, -0.2) is 23.3 Å². The van der Waals surface area contributed by atoms with Crippen molar-refractivity contribution < 1.29 is 4.74 Å². The lowest BCUT2D eigenvalue weighted by Crippen LogP contribution is -2.26. The summed E-state index contributed by atoms with van der Waals surface area (Å²) in [4.78, 5) is 0. The standard InChI is InChI=1S/C13H17N3OS2/c1-3-10(14)12(19-13-16-15-8-18-13)9-6-4-5-7-11(9)17-2/h4-8,10,12H,3,14H2,1-2H3. The van der Waals surface area contributed by atoms with Crippen LogP contribution in [0.15, 0.2) is 34.1 Å². The number of nitrogens with zero attached hydrogens (tertiary/aromatic N) is 2. The summed E-state index contributed by atoms with van der Waals surface area (Å²) in [6, 6.07) is 8.05. The number of benzene rings is 1. The molecule has 6 heteroatoms. The van der Waals surface area contributed by atoms with E-state index in [1.807, 2.05) is 18.2 Å². The van der Waals surface area contributed by atoms with Gasteiger partial charge in [-0.05, 0) is 12.5 Å². The van der Waals surface area contributed by atoms with E-state index in [1.54, 1.807) is 24.4 Å². The topological polar surface area (TPSA) is 61.0 Å². The van der Waals surface area contributed by atoms with Crippen LogP contribution in [0.1, 0.15) is 24.2 Å². The maximum atomic E-state index is 6.27. The number of thioether (sulfide) groups is 1.